The van der Waals surface area contributed by atoms with Crippen LogP contribution in [0.1, 0.15) is 44.2 Å². The van der Waals surface area contributed by atoms with Gasteiger partial charge in [-0.25, -0.2) is 14.8 Å². The van der Waals surface area contributed by atoms with E-state index in [-0.39, 0.29) is 6.03 Å². The average molecular weight is 322 g/mol. The summed E-state index contributed by atoms with van der Waals surface area (Å²) in [6.07, 6.45) is 7.22. The number of urea groups is 1. The summed E-state index contributed by atoms with van der Waals surface area (Å²) in [5.41, 5.74) is -0.0852. The van der Waals surface area contributed by atoms with Gasteiger partial charge in [0.15, 0.2) is 0 Å². The molecule has 2 N–H and O–H groups in total. The summed E-state index contributed by atoms with van der Waals surface area (Å²) in [5.74, 6) is 0.428. The minimum Gasteiger partial charge on any atom is -0.388 e. The lowest BCUT2D eigenvalue weighted by Crippen LogP contribution is -2.45. The molecule has 1 aromatic heterocycles. The summed E-state index contributed by atoms with van der Waals surface area (Å²) < 4.78 is 5.01. The van der Waals surface area contributed by atoms with Crippen LogP contribution < -0.4 is 5.32 Å². The normalized spacial score (nSPS) is 17.3. The highest BCUT2D eigenvalue weighted by molar-refractivity contribution is 5.88. The Morgan fingerprint density at radius 2 is 2.04 bits per heavy atom. The number of amides is 2. The SMILES string of the molecule is COCc1cc(NC(=O)N(C)CC2(O)CCCCCC2)ncn1. The number of aromatic nitrogens is 2. The number of nitrogens with zero attached hydrogens (tertiary/aromatic N) is 3. The molecule has 0 saturated heterocycles. The predicted molar refractivity (Wildman–Crippen MR) is 87.0 cm³/mol. The molecule has 1 fully saturated rings. The fraction of sp³-hybridized carbons (Fsp3) is 0.688. The lowest BCUT2D eigenvalue weighted by atomic mass is 9.94. The molecule has 0 atom stereocenters. The second-order valence-corrected chi connectivity index (χ2v) is 6.25. The summed E-state index contributed by atoms with van der Waals surface area (Å²) in [6.45, 7) is 0.690. The highest BCUT2D eigenvalue weighted by Crippen LogP contribution is 2.27. The van der Waals surface area contributed by atoms with E-state index in [1.54, 1.807) is 20.2 Å². The van der Waals surface area contributed by atoms with Gasteiger partial charge in [-0.1, -0.05) is 25.7 Å². The highest BCUT2D eigenvalue weighted by atomic mass is 16.5. The summed E-state index contributed by atoms with van der Waals surface area (Å²) in [7, 11) is 3.27. The van der Waals surface area contributed by atoms with Crippen molar-refractivity contribution in [1.82, 2.24) is 14.9 Å². The maximum absolute atomic E-state index is 12.3. The van der Waals surface area contributed by atoms with Crippen molar-refractivity contribution < 1.29 is 14.6 Å². The quantitative estimate of drug-likeness (QED) is 0.811. The Morgan fingerprint density at radius 1 is 1.35 bits per heavy atom. The Bertz CT molecular complexity index is 516. The Hall–Kier alpha value is -1.73. The number of hydrogen-bond donors (Lipinski definition) is 2. The molecule has 0 aliphatic heterocycles. The Morgan fingerprint density at radius 3 is 2.70 bits per heavy atom. The smallest absolute Gasteiger partial charge is 0.322 e. The van der Waals surface area contributed by atoms with Crippen molar-refractivity contribution in [2.75, 3.05) is 26.0 Å². The molecular formula is C16H26N4O3. The zero-order valence-corrected chi connectivity index (χ0v) is 13.9. The number of ether oxygens (including phenoxy) is 1. The van der Waals surface area contributed by atoms with Gasteiger partial charge in [-0.05, 0) is 12.8 Å². The zero-order valence-electron chi connectivity index (χ0n) is 13.9. The monoisotopic (exact) mass is 322 g/mol. The van der Waals surface area contributed by atoms with Gasteiger partial charge in [0.1, 0.15) is 12.1 Å². The van der Waals surface area contributed by atoms with Crippen LogP contribution in [0, 0.1) is 0 Å². The molecule has 0 bridgehead atoms. The molecule has 7 nitrogen and oxygen atoms in total. The molecule has 0 radical (unpaired) electrons. The van der Waals surface area contributed by atoms with Crippen LogP contribution in [0.4, 0.5) is 10.6 Å². The highest BCUT2D eigenvalue weighted by Gasteiger charge is 2.30. The van der Waals surface area contributed by atoms with E-state index < -0.39 is 5.60 Å². The lowest BCUT2D eigenvalue weighted by Gasteiger charge is -2.31. The number of hydrogen-bond acceptors (Lipinski definition) is 5. The molecule has 1 heterocycles. The van der Waals surface area contributed by atoms with E-state index >= 15 is 0 Å². The molecule has 7 heteroatoms. The fourth-order valence-corrected chi connectivity index (χ4v) is 2.96. The topological polar surface area (TPSA) is 87.6 Å². The molecule has 2 rings (SSSR count). The molecule has 2 amide bonds. The van der Waals surface area contributed by atoms with E-state index in [1.807, 2.05) is 0 Å². The standard InChI is InChI=1S/C16H26N4O3/c1-20(11-16(22)7-5-3-4-6-8-16)15(21)19-14-9-13(10-23-2)17-12-18-14/h9,12,22H,3-8,10-11H2,1-2H3,(H,17,18,19,21). The third-order valence-corrected chi connectivity index (χ3v) is 4.16. The van der Waals surface area contributed by atoms with E-state index in [2.05, 4.69) is 15.3 Å². The second-order valence-electron chi connectivity index (χ2n) is 6.25. The number of likely N-dealkylation sites (N-methyl/N-ethyl adjacent to an activating group) is 1. The van der Waals surface area contributed by atoms with Crippen molar-refractivity contribution in [3.05, 3.63) is 18.1 Å². The number of anilines is 1. The van der Waals surface area contributed by atoms with Crippen molar-refractivity contribution in [3.63, 3.8) is 0 Å². The minimum absolute atomic E-state index is 0.287. The predicted octanol–water partition coefficient (Wildman–Crippen LogP) is 2.17. The van der Waals surface area contributed by atoms with Crippen molar-refractivity contribution >= 4 is 11.8 Å². The number of nitrogens with one attached hydrogen (secondary N) is 1. The van der Waals surface area contributed by atoms with Crippen LogP contribution in [-0.4, -0.2) is 52.3 Å². The molecule has 23 heavy (non-hydrogen) atoms. The zero-order chi connectivity index (χ0) is 16.7. The third kappa shape index (κ3) is 5.44. The van der Waals surface area contributed by atoms with E-state index in [9.17, 15) is 9.90 Å². The summed E-state index contributed by atoms with van der Waals surface area (Å²) in [6, 6.07) is 1.39. The van der Waals surface area contributed by atoms with Crippen LogP contribution in [0.5, 0.6) is 0 Å². The third-order valence-electron chi connectivity index (χ3n) is 4.16. The van der Waals surface area contributed by atoms with Crippen LogP contribution in [0.25, 0.3) is 0 Å². The maximum atomic E-state index is 12.3. The number of carbonyl (C=O) groups excluding carboxylic acids is 1. The van der Waals surface area contributed by atoms with Crippen LogP contribution >= 0.6 is 0 Å². The number of rotatable bonds is 5. The first-order chi connectivity index (χ1) is 11.0. The number of carbonyl (C=O) groups is 1. The van der Waals surface area contributed by atoms with Crippen molar-refractivity contribution in [3.8, 4) is 0 Å². The van der Waals surface area contributed by atoms with Gasteiger partial charge in [-0.2, -0.15) is 0 Å². The lowest BCUT2D eigenvalue weighted by molar-refractivity contribution is 0.00581. The number of methoxy groups -OCH3 is 1. The molecule has 128 valence electrons. The van der Waals surface area contributed by atoms with Gasteiger partial charge in [0, 0.05) is 20.2 Å². The molecule has 0 aromatic carbocycles. The Labute approximate surface area is 137 Å². The van der Waals surface area contributed by atoms with E-state index in [1.165, 1.54) is 11.2 Å². The molecular weight excluding hydrogens is 296 g/mol. The van der Waals surface area contributed by atoms with Crippen LogP contribution in [0.2, 0.25) is 0 Å². The molecule has 1 aliphatic carbocycles. The molecule has 1 saturated carbocycles. The summed E-state index contributed by atoms with van der Waals surface area (Å²) in [5, 5.41) is 13.4. The molecule has 1 aliphatic rings. The van der Waals surface area contributed by atoms with Gasteiger partial charge in [-0.15, -0.1) is 0 Å². The Kier molecular flexibility index (Phi) is 6.29. The first-order valence-corrected chi connectivity index (χ1v) is 8.07. The van der Waals surface area contributed by atoms with E-state index in [0.717, 1.165) is 38.5 Å². The van der Waals surface area contributed by atoms with Gasteiger partial charge in [0.25, 0.3) is 0 Å². The second kappa shape index (κ2) is 8.21. The van der Waals surface area contributed by atoms with Gasteiger partial charge in [-0.3, -0.25) is 5.32 Å². The first-order valence-electron chi connectivity index (χ1n) is 8.07. The van der Waals surface area contributed by atoms with Crippen LogP contribution in [0.15, 0.2) is 12.4 Å². The average Bonchev–Trinajstić information content (AvgIpc) is 2.72. The Balaban J connectivity index is 1.92. The van der Waals surface area contributed by atoms with Gasteiger partial charge < -0.3 is 14.7 Å². The molecule has 1 aromatic rings. The maximum Gasteiger partial charge on any atom is 0.322 e. The van der Waals surface area contributed by atoms with Gasteiger partial charge >= 0.3 is 6.03 Å². The minimum atomic E-state index is -0.782. The van der Waals surface area contributed by atoms with Crippen molar-refractivity contribution in [2.45, 2.75) is 50.7 Å². The number of aliphatic hydroxyl groups is 1. The van der Waals surface area contributed by atoms with Crippen LogP contribution in [0.3, 0.4) is 0 Å². The van der Waals surface area contributed by atoms with Gasteiger partial charge in [0.05, 0.1) is 24.4 Å². The summed E-state index contributed by atoms with van der Waals surface area (Å²) >= 11 is 0. The first kappa shape index (κ1) is 17.6. The van der Waals surface area contributed by atoms with Crippen molar-refractivity contribution in [1.29, 1.82) is 0 Å². The van der Waals surface area contributed by atoms with Gasteiger partial charge in [0.2, 0.25) is 0 Å². The van der Waals surface area contributed by atoms with Crippen molar-refractivity contribution in [2.24, 2.45) is 0 Å². The largest absolute Gasteiger partial charge is 0.388 e. The summed E-state index contributed by atoms with van der Waals surface area (Å²) in [4.78, 5) is 21.9. The fourth-order valence-electron chi connectivity index (χ4n) is 2.96. The van der Waals surface area contributed by atoms with E-state index in [4.69, 9.17) is 4.74 Å². The van der Waals surface area contributed by atoms with Crippen LogP contribution in [-0.2, 0) is 11.3 Å². The molecule has 0 unspecified atom stereocenters. The van der Waals surface area contributed by atoms with E-state index in [0.29, 0.717) is 24.7 Å². The molecule has 0 spiro atoms.